The van der Waals surface area contributed by atoms with E-state index in [1.54, 1.807) is 108 Å². The predicted octanol–water partition coefficient (Wildman–Crippen LogP) is 7.39. The van der Waals surface area contributed by atoms with E-state index in [1.807, 2.05) is 36.4 Å². The van der Waals surface area contributed by atoms with Gasteiger partial charge in [0.2, 0.25) is 5.91 Å². The number of alkyl halides is 2. The lowest BCUT2D eigenvalue weighted by Crippen LogP contribution is -2.70. The maximum atomic E-state index is 16.8. The number of nitrogens with zero attached hydrogens (tertiary/aromatic N) is 1. The lowest BCUT2D eigenvalue weighted by atomic mass is 9.67. The molecule has 0 bridgehead atoms. The van der Waals surface area contributed by atoms with Gasteiger partial charge in [0.1, 0.15) is 24.6 Å². The first kappa shape index (κ1) is 42.6. The van der Waals surface area contributed by atoms with Crippen LogP contribution in [-0.4, -0.2) is 49.7 Å². The minimum atomic E-state index is -4.01. The monoisotopic (exact) mass is 774 g/mol. The highest BCUT2D eigenvalue weighted by Crippen LogP contribution is 2.49. The van der Waals surface area contributed by atoms with Gasteiger partial charge in [0.25, 0.3) is 11.5 Å². The minimum absolute atomic E-state index is 0.0223. The van der Waals surface area contributed by atoms with E-state index in [0.29, 0.717) is 17.7 Å². The molecule has 2 atom stereocenters. The van der Waals surface area contributed by atoms with Gasteiger partial charge in [-0.15, -0.1) is 0 Å². The smallest absolute Gasteiger partial charge is 0.412 e. The van der Waals surface area contributed by atoms with Crippen molar-refractivity contribution in [3.05, 3.63) is 125 Å². The van der Waals surface area contributed by atoms with Gasteiger partial charge in [-0.2, -0.15) is 8.78 Å². The highest BCUT2D eigenvalue weighted by atomic mass is 28.3. The third-order valence-corrected chi connectivity index (χ3v) is 9.98. The number of hydrogen-bond donors (Lipinski definition) is 3. The standard InChI is InChI=1S/C42H52F2N4O6Si/c1-29(2)42(54-55(6)7,37(40(3,4)5)41(43,44)38(51)45-26-25-30-17-11-8-12-18-30)47-35(49)27-48-34(32-21-15-10-16-22-32)24-23-33(36(48)50)46-39(52)53-28-31-19-13-9-14-20-31/h8-24,29,37,55H,25-28H2,1-7H3,(H,45,51)(H,46,52)(H,47,49). The topological polar surface area (TPSA) is 128 Å². The molecule has 0 spiro atoms. The Labute approximate surface area is 323 Å². The third kappa shape index (κ3) is 11.0. The van der Waals surface area contributed by atoms with E-state index in [1.165, 1.54) is 6.07 Å². The van der Waals surface area contributed by atoms with Gasteiger partial charge in [-0.25, -0.2) is 4.79 Å². The summed E-state index contributed by atoms with van der Waals surface area (Å²) in [5.74, 6) is -8.89. The molecule has 13 heteroatoms. The van der Waals surface area contributed by atoms with Gasteiger partial charge in [-0.3, -0.25) is 24.3 Å². The van der Waals surface area contributed by atoms with Gasteiger partial charge >= 0.3 is 12.0 Å². The molecule has 3 N–H and O–H groups in total. The van der Waals surface area contributed by atoms with Crippen molar-refractivity contribution in [1.29, 1.82) is 0 Å². The molecule has 0 radical (unpaired) electrons. The molecule has 2 unspecified atom stereocenters. The second kappa shape index (κ2) is 18.5. The Bertz CT molecular complexity index is 1950. The molecule has 0 saturated carbocycles. The van der Waals surface area contributed by atoms with E-state index in [2.05, 4.69) is 16.0 Å². The number of pyridine rings is 1. The Morgan fingerprint density at radius 2 is 1.38 bits per heavy atom. The number of amides is 3. The van der Waals surface area contributed by atoms with E-state index >= 15 is 8.78 Å². The van der Waals surface area contributed by atoms with Crippen LogP contribution < -0.4 is 21.5 Å². The van der Waals surface area contributed by atoms with E-state index in [0.717, 1.165) is 15.7 Å². The summed E-state index contributed by atoms with van der Waals surface area (Å²) in [6.07, 6.45) is -0.530. The van der Waals surface area contributed by atoms with Crippen LogP contribution in [-0.2, 0) is 38.3 Å². The molecule has 1 aromatic heterocycles. The first-order valence-corrected chi connectivity index (χ1v) is 21.2. The molecule has 0 fully saturated rings. The Kier molecular flexibility index (Phi) is 14.3. The van der Waals surface area contributed by atoms with Crippen molar-refractivity contribution in [2.24, 2.45) is 17.3 Å². The normalized spacial score (nSPS) is 13.5. The van der Waals surface area contributed by atoms with Crippen LogP contribution in [0.4, 0.5) is 19.3 Å². The van der Waals surface area contributed by atoms with E-state index in [-0.39, 0.29) is 18.8 Å². The lowest BCUT2D eigenvalue weighted by Gasteiger charge is -2.52. The SMILES string of the molecule is CC(C)C(NC(=O)Cn1c(-c2ccccc2)ccc(NC(=O)OCc2ccccc2)c1=O)(O[SiH](C)C)C(C(C)(C)C)C(F)(F)C(=O)NCCc1ccccc1. The zero-order valence-electron chi connectivity index (χ0n) is 32.5. The first-order chi connectivity index (χ1) is 26.0. The molecule has 1 heterocycles. The van der Waals surface area contributed by atoms with E-state index < -0.39 is 68.0 Å². The summed E-state index contributed by atoms with van der Waals surface area (Å²) in [5.41, 5.74) is -1.64. The number of aromatic nitrogens is 1. The molecule has 0 saturated heterocycles. The van der Waals surface area contributed by atoms with Crippen molar-refractivity contribution in [1.82, 2.24) is 15.2 Å². The highest BCUT2D eigenvalue weighted by molar-refractivity contribution is 6.48. The average molecular weight is 775 g/mol. The molecule has 3 aromatic carbocycles. The first-order valence-electron chi connectivity index (χ1n) is 18.4. The molecule has 55 heavy (non-hydrogen) atoms. The van der Waals surface area contributed by atoms with Crippen molar-refractivity contribution >= 4 is 32.6 Å². The van der Waals surface area contributed by atoms with Crippen molar-refractivity contribution in [2.75, 3.05) is 11.9 Å². The summed E-state index contributed by atoms with van der Waals surface area (Å²) in [6.45, 7) is 11.0. The second-order valence-corrected chi connectivity index (χ2v) is 17.5. The molecule has 0 aliphatic carbocycles. The van der Waals surface area contributed by atoms with Gasteiger partial charge in [0, 0.05) is 12.5 Å². The summed E-state index contributed by atoms with van der Waals surface area (Å²) >= 11 is 0. The van der Waals surface area contributed by atoms with Crippen LogP contribution >= 0.6 is 0 Å². The molecular weight excluding hydrogens is 723 g/mol. The van der Waals surface area contributed by atoms with Crippen LogP contribution in [0.1, 0.15) is 45.7 Å². The average Bonchev–Trinajstić information content (AvgIpc) is 3.12. The Morgan fingerprint density at radius 1 is 0.818 bits per heavy atom. The Balaban J connectivity index is 1.69. The molecule has 10 nitrogen and oxygen atoms in total. The van der Waals surface area contributed by atoms with Gasteiger partial charge < -0.3 is 19.8 Å². The van der Waals surface area contributed by atoms with E-state index in [4.69, 9.17) is 9.16 Å². The molecular formula is C42H52F2N4O6Si. The highest BCUT2D eigenvalue weighted by Gasteiger charge is 2.64. The van der Waals surface area contributed by atoms with Gasteiger partial charge in [0.15, 0.2) is 9.04 Å². The second-order valence-electron chi connectivity index (χ2n) is 15.2. The summed E-state index contributed by atoms with van der Waals surface area (Å²) in [7, 11) is -2.22. The van der Waals surface area contributed by atoms with Crippen LogP contribution in [0.2, 0.25) is 13.1 Å². The van der Waals surface area contributed by atoms with Crippen LogP contribution in [0.5, 0.6) is 0 Å². The number of rotatable bonds is 16. The zero-order valence-corrected chi connectivity index (χ0v) is 33.7. The van der Waals surface area contributed by atoms with Crippen molar-refractivity contribution < 1.29 is 32.3 Å². The maximum absolute atomic E-state index is 16.8. The number of carbonyl (C=O) groups is 3. The van der Waals surface area contributed by atoms with Gasteiger partial charge in [0.05, 0.1) is 11.6 Å². The number of nitrogens with one attached hydrogen (secondary N) is 3. The quantitative estimate of drug-likeness (QED) is 0.0806. The predicted molar refractivity (Wildman–Crippen MR) is 213 cm³/mol. The molecule has 294 valence electrons. The zero-order chi connectivity index (χ0) is 40.4. The summed E-state index contributed by atoms with van der Waals surface area (Å²) in [6, 6.07) is 30.1. The van der Waals surface area contributed by atoms with Crippen LogP contribution in [0.15, 0.2) is 108 Å². The summed E-state index contributed by atoms with van der Waals surface area (Å²) < 4.78 is 46.6. The minimum Gasteiger partial charge on any atom is -0.444 e. The van der Waals surface area contributed by atoms with Crippen LogP contribution in [0, 0.1) is 17.3 Å². The van der Waals surface area contributed by atoms with Gasteiger partial charge in [-0.1, -0.05) is 126 Å². The fourth-order valence-electron chi connectivity index (χ4n) is 6.81. The number of anilines is 1. The largest absolute Gasteiger partial charge is 0.444 e. The molecule has 0 aliphatic heterocycles. The number of carbonyl (C=O) groups excluding carboxylic acids is 3. The molecule has 4 aromatic rings. The number of ether oxygens (including phenoxy) is 1. The number of hydrogen-bond acceptors (Lipinski definition) is 6. The third-order valence-electron chi connectivity index (χ3n) is 9.12. The number of benzene rings is 3. The fourth-order valence-corrected chi connectivity index (χ4v) is 8.05. The lowest BCUT2D eigenvalue weighted by molar-refractivity contribution is -0.210. The van der Waals surface area contributed by atoms with Crippen molar-refractivity contribution in [3.63, 3.8) is 0 Å². The summed E-state index contributed by atoms with van der Waals surface area (Å²) in [4.78, 5) is 54.6. The molecule has 4 rings (SSSR count). The maximum Gasteiger partial charge on any atom is 0.412 e. The van der Waals surface area contributed by atoms with Gasteiger partial charge in [-0.05, 0) is 53.8 Å². The Hall–Kier alpha value is -5.14. The molecule has 3 amide bonds. The van der Waals surface area contributed by atoms with Crippen molar-refractivity contribution in [3.8, 4) is 11.3 Å². The van der Waals surface area contributed by atoms with E-state index in [9.17, 15) is 19.2 Å². The van der Waals surface area contributed by atoms with Crippen LogP contribution in [0.3, 0.4) is 0 Å². The Morgan fingerprint density at radius 3 is 1.93 bits per heavy atom. The fraction of sp³-hybridized carbons (Fsp3) is 0.381. The van der Waals surface area contributed by atoms with Crippen LogP contribution in [0.25, 0.3) is 11.3 Å². The number of halogens is 2. The summed E-state index contributed by atoms with van der Waals surface area (Å²) in [5, 5.41) is 7.70. The molecule has 0 aliphatic rings. The van der Waals surface area contributed by atoms with Crippen molar-refractivity contribution in [2.45, 2.75) is 78.9 Å².